The number of rotatable bonds is 8. The van der Waals surface area contributed by atoms with E-state index in [1.807, 2.05) is 10.8 Å². The van der Waals surface area contributed by atoms with Gasteiger partial charge >= 0.3 is 0 Å². The number of primary amides is 1. The zero-order valence-corrected chi connectivity index (χ0v) is 9.76. The molecule has 1 amide bonds. The fourth-order valence-electron chi connectivity index (χ4n) is 1.57. The SMILES string of the molecule is NC(=O)COCCn1cncc1CNC1CC1. The maximum atomic E-state index is 10.5. The second kappa shape index (κ2) is 5.79. The van der Waals surface area contributed by atoms with Gasteiger partial charge in [-0.05, 0) is 12.8 Å². The first-order valence-electron chi connectivity index (χ1n) is 5.84. The molecule has 1 aromatic heterocycles. The fourth-order valence-corrected chi connectivity index (χ4v) is 1.57. The average Bonchev–Trinajstić information content (AvgIpc) is 3.02. The summed E-state index contributed by atoms with van der Waals surface area (Å²) in [4.78, 5) is 14.6. The number of nitrogens with two attached hydrogens (primary N) is 1. The van der Waals surface area contributed by atoms with Gasteiger partial charge in [-0.2, -0.15) is 0 Å². The molecule has 0 unspecified atom stereocenters. The fraction of sp³-hybridized carbons (Fsp3) is 0.636. The van der Waals surface area contributed by atoms with Gasteiger partial charge in [0.2, 0.25) is 5.91 Å². The second-order valence-electron chi connectivity index (χ2n) is 4.25. The van der Waals surface area contributed by atoms with E-state index in [1.54, 1.807) is 6.33 Å². The minimum absolute atomic E-state index is 0.0235. The van der Waals surface area contributed by atoms with E-state index in [-0.39, 0.29) is 6.61 Å². The average molecular weight is 238 g/mol. The molecule has 1 heterocycles. The Morgan fingerprint density at radius 2 is 2.47 bits per heavy atom. The predicted molar refractivity (Wildman–Crippen MR) is 62.1 cm³/mol. The van der Waals surface area contributed by atoms with Gasteiger partial charge in [0.25, 0.3) is 0 Å². The summed E-state index contributed by atoms with van der Waals surface area (Å²) in [6.07, 6.45) is 6.17. The van der Waals surface area contributed by atoms with E-state index in [0.717, 1.165) is 12.2 Å². The smallest absolute Gasteiger partial charge is 0.243 e. The van der Waals surface area contributed by atoms with Crippen LogP contribution in [0.25, 0.3) is 0 Å². The van der Waals surface area contributed by atoms with Crippen LogP contribution in [0.5, 0.6) is 0 Å². The van der Waals surface area contributed by atoms with Crippen molar-refractivity contribution < 1.29 is 9.53 Å². The van der Waals surface area contributed by atoms with Crippen molar-refractivity contribution in [2.24, 2.45) is 5.73 Å². The van der Waals surface area contributed by atoms with Crippen LogP contribution < -0.4 is 11.1 Å². The highest BCUT2D eigenvalue weighted by molar-refractivity contribution is 5.74. The maximum absolute atomic E-state index is 10.5. The molecule has 0 radical (unpaired) electrons. The standard InChI is InChI=1S/C11H18N4O2/c12-11(16)7-17-4-3-15-8-13-5-10(15)6-14-9-1-2-9/h5,8-9,14H,1-4,6-7H2,(H2,12,16). The summed E-state index contributed by atoms with van der Waals surface area (Å²) in [5.41, 5.74) is 6.12. The monoisotopic (exact) mass is 238 g/mol. The number of aromatic nitrogens is 2. The number of carbonyl (C=O) groups excluding carboxylic acids is 1. The van der Waals surface area contributed by atoms with Crippen LogP contribution >= 0.6 is 0 Å². The Bertz CT molecular complexity index is 373. The van der Waals surface area contributed by atoms with Crippen LogP contribution in [0.2, 0.25) is 0 Å². The van der Waals surface area contributed by atoms with Crippen LogP contribution in [0.1, 0.15) is 18.5 Å². The molecule has 3 N–H and O–H groups in total. The highest BCUT2D eigenvalue weighted by Crippen LogP contribution is 2.19. The van der Waals surface area contributed by atoms with Gasteiger partial charge in [-0.1, -0.05) is 0 Å². The molecule has 1 saturated carbocycles. The van der Waals surface area contributed by atoms with Crippen molar-refractivity contribution in [1.29, 1.82) is 0 Å². The van der Waals surface area contributed by atoms with E-state index in [2.05, 4.69) is 10.3 Å². The van der Waals surface area contributed by atoms with E-state index in [9.17, 15) is 4.79 Å². The minimum Gasteiger partial charge on any atom is -0.370 e. The van der Waals surface area contributed by atoms with Crippen molar-refractivity contribution in [2.75, 3.05) is 13.2 Å². The van der Waals surface area contributed by atoms with Crippen LogP contribution in [0.15, 0.2) is 12.5 Å². The molecule has 0 saturated heterocycles. The number of hydrogen-bond acceptors (Lipinski definition) is 4. The van der Waals surface area contributed by atoms with Gasteiger partial charge in [0, 0.05) is 25.3 Å². The van der Waals surface area contributed by atoms with Crippen molar-refractivity contribution in [3.8, 4) is 0 Å². The highest BCUT2D eigenvalue weighted by atomic mass is 16.5. The number of nitrogens with one attached hydrogen (secondary N) is 1. The Balaban J connectivity index is 1.71. The number of ether oxygens (including phenoxy) is 1. The molecule has 17 heavy (non-hydrogen) atoms. The molecular formula is C11H18N4O2. The zero-order valence-electron chi connectivity index (χ0n) is 9.76. The lowest BCUT2D eigenvalue weighted by Crippen LogP contribution is -2.21. The summed E-state index contributed by atoms with van der Waals surface area (Å²) in [6.45, 7) is 1.97. The number of hydrogen-bond donors (Lipinski definition) is 2. The predicted octanol–water partition coefficient (Wildman–Crippen LogP) is -0.363. The van der Waals surface area contributed by atoms with Gasteiger partial charge < -0.3 is 20.4 Å². The quantitative estimate of drug-likeness (QED) is 0.606. The number of carbonyl (C=O) groups is 1. The molecule has 1 aliphatic rings. The minimum atomic E-state index is -0.439. The van der Waals surface area contributed by atoms with E-state index < -0.39 is 5.91 Å². The van der Waals surface area contributed by atoms with Gasteiger partial charge in [0.1, 0.15) is 6.61 Å². The van der Waals surface area contributed by atoms with E-state index in [1.165, 1.54) is 12.8 Å². The first-order valence-corrected chi connectivity index (χ1v) is 5.84. The molecule has 0 aliphatic heterocycles. The summed E-state index contributed by atoms with van der Waals surface area (Å²) in [6, 6.07) is 0.685. The maximum Gasteiger partial charge on any atom is 0.243 e. The van der Waals surface area contributed by atoms with Crippen LogP contribution in [0, 0.1) is 0 Å². The Morgan fingerprint density at radius 1 is 1.65 bits per heavy atom. The Kier molecular flexibility index (Phi) is 4.11. The van der Waals surface area contributed by atoms with Crippen molar-refractivity contribution in [3.05, 3.63) is 18.2 Å². The summed E-state index contributed by atoms with van der Waals surface area (Å²) < 4.78 is 7.14. The lowest BCUT2D eigenvalue weighted by atomic mass is 10.4. The largest absolute Gasteiger partial charge is 0.370 e. The first kappa shape index (κ1) is 12.1. The van der Waals surface area contributed by atoms with Crippen molar-refractivity contribution in [1.82, 2.24) is 14.9 Å². The Labute approximate surface area is 100 Å². The first-order chi connectivity index (χ1) is 8.25. The molecule has 1 aromatic rings. The molecular weight excluding hydrogens is 220 g/mol. The van der Waals surface area contributed by atoms with E-state index in [4.69, 9.17) is 10.5 Å². The highest BCUT2D eigenvalue weighted by Gasteiger charge is 2.20. The third kappa shape index (κ3) is 4.16. The van der Waals surface area contributed by atoms with Crippen LogP contribution in [-0.2, 0) is 22.6 Å². The molecule has 94 valence electrons. The topological polar surface area (TPSA) is 82.2 Å². The molecule has 0 atom stereocenters. The third-order valence-electron chi connectivity index (χ3n) is 2.67. The third-order valence-corrected chi connectivity index (χ3v) is 2.67. The summed E-state index contributed by atoms with van der Waals surface area (Å²) in [5.74, 6) is -0.439. The molecule has 0 bridgehead atoms. The van der Waals surface area contributed by atoms with Gasteiger partial charge in [0.15, 0.2) is 0 Å². The lowest BCUT2D eigenvalue weighted by molar-refractivity contribution is -0.122. The molecule has 6 heteroatoms. The molecule has 1 aliphatic carbocycles. The van der Waals surface area contributed by atoms with Crippen molar-refractivity contribution in [2.45, 2.75) is 32.0 Å². The lowest BCUT2D eigenvalue weighted by Gasteiger charge is -2.08. The molecule has 0 aromatic carbocycles. The van der Waals surface area contributed by atoms with Crippen molar-refractivity contribution in [3.63, 3.8) is 0 Å². The van der Waals surface area contributed by atoms with Crippen LogP contribution in [0.4, 0.5) is 0 Å². The van der Waals surface area contributed by atoms with Gasteiger partial charge in [-0.25, -0.2) is 4.98 Å². The van der Waals surface area contributed by atoms with Crippen molar-refractivity contribution >= 4 is 5.91 Å². The molecule has 2 rings (SSSR count). The molecule has 0 spiro atoms. The van der Waals surface area contributed by atoms with Gasteiger partial charge in [-0.15, -0.1) is 0 Å². The van der Waals surface area contributed by atoms with Crippen LogP contribution in [-0.4, -0.2) is 34.7 Å². The van der Waals surface area contributed by atoms with Gasteiger partial charge in [0.05, 0.1) is 18.6 Å². The van der Waals surface area contributed by atoms with E-state index in [0.29, 0.717) is 19.2 Å². The van der Waals surface area contributed by atoms with E-state index >= 15 is 0 Å². The van der Waals surface area contributed by atoms with Gasteiger partial charge in [-0.3, -0.25) is 4.79 Å². The summed E-state index contributed by atoms with van der Waals surface area (Å²) >= 11 is 0. The number of imidazole rings is 1. The summed E-state index contributed by atoms with van der Waals surface area (Å²) in [7, 11) is 0. The number of nitrogens with zero attached hydrogens (tertiary/aromatic N) is 2. The normalized spacial score (nSPS) is 15.1. The Hall–Kier alpha value is -1.40. The molecule has 6 nitrogen and oxygen atoms in total. The number of amides is 1. The van der Waals surface area contributed by atoms with Crippen LogP contribution in [0.3, 0.4) is 0 Å². The molecule has 1 fully saturated rings. The Morgan fingerprint density at radius 3 is 3.18 bits per heavy atom. The summed E-state index contributed by atoms with van der Waals surface area (Å²) in [5, 5.41) is 3.43. The zero-order chi connectivity index (χ0) is 12.1. The second-order valence-corrected chi connectivity index (χ2v) is 4.25.